The van der Waals surface area contributed by atoms with E-state index in [1.54, 1.807) is 31.2 Å². The van der Waals surface area contributed by atoms with Crippen molar-refractivity contribution in [2.45, 2.75) is 6.92 Å². The monoisotopic (exact) mass is 358 g/mol. The summed E-state index contributed by atoms with van der Waals surface area (Å²) in [5.74, 6) is -2.49. The van der Waals surface area contributed by atoms with Crippen LogP contribution in [0.1, 0.15) is 16.2 Å². The van der Waals surface area contributed by atoms with Gasteiger partial charge in [-0.05, 0) is 36.4 Å². The van der Waals surface area contributed by atoms with Crippen LogP contribution < -0.4 is 10.6 Å². The van der Waals surface area contributed by atoms with Crippen LogP contribution in [-0.4, -0.2) is 22.1 Å². The number of aromatic nitrogens is 2. The van der Waals surface area contributed by atoms with E-state index in [4.69, 9.17) is 4.52 Å². The minimum atomic E-state index is -1.18. The Hall–Kier alpha value is -3.62. The Bertz CT molecular complexity index is 950. The molecule has 3 amide bonds. The second-order valence-electron chi connectivity index (χ2n) is 5.22. The molecule has 0 spiro atoms. The summed E-state index contributed by atoms with van der Waals surface area (Å²) in [4.78, 5) is 27.8. The van der Waals surface area contributed by atoms with E-state index in [1.165, 1.54) is 0 Å². The average Bonchev–Trinajstić information content (AvgIpc) is 3.01. The van der Waals surface area contributed by atoms with E-state index < -0.39 is 29.1 Å². The number of amides is 3. The number of urea groups is 1. The molecule has 3 rings (SSSR count). The summed E-state index contributed by atoms with van der Waals surface area (Å²) in [6, 6.07) is 8.41. The fraction of sp³-hybridized carbons (Fsp3) is 0.0588. The van der Waals surface area contributed by atoms with Crippen molar-refractivity contribution in [2.24, 2.45) is 0 Å². The minimum Gasteiger partial charge on any atom is -0.339 e. The number of nitrogens with one attached hydrogen (secondary N) is 2. The maximum atomic E-state index is 13.5. The minimum absolute atomic E-state index is 0.355. The number of imide groups is 1. The molecule has 0 aliphatic carbocycles. The number of halogens is 2. The average molecular weight is 358 g/mol. The summed E-state index contributed by atoms with van der Waals surface area (Å²) in [6.07, 6.45) is 0. The van der Waals surface area contributed by atoms with Crippen molar-refractivity contribution in [1.29, 1.82) is 0 Å². The van der Waals surface area contributed by atoms with Gasteiger partial charge in [0.2, 0.25) is 11.7 Å². The predicted octanol–water partition coefficient (Wildman–Crippen LogP) is 3.29. The van der Waals surface area contributed by atoms with Gasteiger partial charge in [0, 0.05) is 18.2 Å². The van der Waals surface area contributed by atoms with Gasteiger partial charge in [-0.25, -0.2) is 13.6 Å². The molecule has 2 aromatic carbocycles. The van der Waals surface area contributed by atoms with Crippen molar-refractivity contribution in [2.75, 3.05) is 5.32 Å². The Morgan fingerprint density at radius 3 is 2.27 bits per heavy atom. The highest BCUT2D eigenvalue weighted by Crippen LogP contribution is 2.18. The standard InChI is InChI=1S/C17H12F2N4O3/c1-9-20-15(23-26-9)10-5-7-11(8-6-10)21-17(25)22-16(24)14-12(18)3-2-4-13(14)19/h2-8H,1H3,(H2,21,22,24,25). The van der Waals surface area contributed by atoms with E-state index in [2.05, 4.69) is 15.5 Å². The molecule has 0 atom stereocenters. The van der Waals surface area contributed by atoms with Crippen LogP contribution in [0.5, 0.6) is 0 Å². The molecule has 132 valence electrons. The second kappa shape index (κ2) is 7.09. The molecule has 2 N–H and O–H groups in total. The molecule has 0 aliphatic rings. The highest BCUT2D eigenvalue weighted by Gasteiger charge is 2.19. The first-order chi connectivity index (χ1) is 12.4. The first-order valence-corrected chi connectivity index (χ1v) is 7.41. The number of benzene rings is 2. The molecule has 9 heteroatoms. The van der Waals surface area contributed by atoms with Crippen LogP contribution in [0.15, 0.2) is 47.0 Å². The zero-order chi connectivity index (χ0) is 18.7. The number of hydrogen-bond acceptors (Lipinski definition) is 5. The fourth-order valence-corrected chi connectivity index (χ4v) is 2.16. The number of carbonyl (C=O) groups excluding carboxylic acids is 2. The molecule has 0 bridgehead atoms. The van der Waals surface area contributed by atoms with E-state index in [0.717, 1.165) is 18.2 Å². The summed E-state index contributed by atoms with van der Waals surface area (Å²) in [5.41, 5.74) is 0.191. The lowest BCUT2D eigenvalue weighted by molar-refractivity contribution is 0.0959. The maximum Gasteiger partial charge on any atom is 0.326 e. The second-order valence-corrected chi connectivity index (χ2v) is 5.22. The number of anilines is 1. The summed E-state index contributed by atoms with van der Waals surface area (Å²) >= 11 is 0. The van der Waals surface area contributed by atoms with Gasteiger partial charge in [0.25, 0.3) is 5.91 Å². The molecule has 26 heavy (non-hydrogen) atoms. The van der Waals surface area contributed by atoms with Gasteiger partial charge >= 0.3 is 6.03 Å². The fourth-order valence-electron chi connectivity index (χ4n) is 2.16. The molecule has 7 nitrogen and oxygen atoms in total. The van der Waals surface area contributed by atoms with Gasteiger partial charge in [-0.15, -0.1) is 0 Å². The normalized spacial score (nSPS) is 10.4. The molecule has 0 fully saturated rings. The highest BCUT2D eigenvalue weighted by atomic mass is 19.1. The first kappa shape index (κ1) is 17.2. The molecular formula is C17H12F2N4O3. The van der Waals surface area contributed by atoms with E-state index in [9.17, 15) is 18.4 Å². The van der Waals surface area contributed by atoms with Crippen molar-refractivity contribution in [3.63, 3.8) is 0 Å². The Kier molecular flexibility index (Phi) is 4.70. The van der Waals surface area contributed by atoms with Gasteiger partial charge in [0.1, 0.15) is 17.2 Å². The van der Waals surface area contributed by atoms with Crippen molar-refractivity contribution in [3.8, 4) is 11.4 Å². The number of rotatable bonds is 3. The van der Waals surface area contributed by atoms with Crippen LogP contribution in [0.3, 0.4) is 0 Å². The number of carbonyl (C=O) groups is 2. The molecule has 0 unspecified atom stereocenters. The highest BCUT2D eigenvalue weighted by molar-refractivity contribution is 6.08. The lowest BCUT2D eigenvalue weighted by Crippen LogP contribution is -2.35. The lowest BCUT2D eigenvalue weighted by atomic mass is 10.2. The zero-order valence-corrected chi connectivity index (χ0v) is 13.4. The van der Waals surface area contributed by atoms with E-state index in [-0.39, 0.29) is 0 Å². The Morgan fingerprint density at radius 2 is 1.69 bits per heavy atom. The van der Waals surface area contributed by atoms with Crippen LogP contribution in [0.2, 0.25) is 0 Å². The lowest BCUT2D eigenvalue weighted by Gasteiger charge is -2.08. The number of hydrogen-bond donors (Lipinski definition) is 2. The third-order valence-electron chi connectivity index (χ3n) is 3.35. The Balaban J connectivity index is 1.65. The zero-order valence-electron chi connectivity index (χ0n) is 13.4. The van der Waals surface area contributed by atoms with Crippen molar-refractivity contribution in [3.05, 3.63) is 65.6 Å². The third-order valence-corrected chi connectivity index (χ3v) is 3.35. The summed E-state index contributed by atoms with van der Waals surface area (Å²) in [7, 11) is 0. The number of aryl methyl sites for hydroxylation is 1. The summed E-state index contributed by atoms with van der Waals surface area (Å²) in [5, 5.41) is 8.02. The molecule has 3 aromatic rings. The van der Waals surface area contributed by atoms with Crippen LogP contribution in [-0.2, 0) is 0 Å². The van der Waals surface area contributed by atoms with Crippen LogP contribution >= 0.6 is 0 Å². The van der Waals surface area contributed by atoms with Crippen LogP contribution in [0.25, 0.3) is 11.4 Å². The quantitative estimate of drug-likeness (QED) is 0.749. The maximum absolute atomic E-state index is 13.5. The summed E-state index contributed by atoms with van der Waals surface area (Å²) in [6.45, 7) is 1.66. The van der Waals surface area contributed by atoms with Crippen LogP contribution in [0, 0.1) is 18.6 Å². The van der Waals surface area contributed by atoms with Gasteiger partial charge in [0.05, 0.1) is 0 Å². The van der Waals surface area contributed by atoms with Crippen molar-refractivity contribution < 1.29 is 22.9 Å². The van der Waals surface area contributed by atoms with Gasteiger partial charge in [-0.3, -0.25) is 10.1 Å². The smallest absolute Gasteiger partial charge is 0.326 e. The topological polar surface area (TPSA) is 97.1 Å². The van der Waals surface area contributed by atoms with Gasteiger partial charge < -0.3 is 9.84 Å². The van der Waals surface area contributed by atoms with Gasteiger partial charge in [-0.2, -0.15) is 4.98 Å². The number of nitrogens with zero attached hydrogens (tertiary/aromatic N) is 2. The molecule has 0 radical (unpaired) electrons. The molecule has 1 heterocycles. The van der Waals surface area contributed by atoms with Gasteiger partial charge in [-0.1, -0.05) is 11.2 Å². The molecular weight excluding hydrogens is 346 g/mol. The molecule has 0 aliphatic heterocycles. The molecule has 0 saturated carbocycles. The third kappa shape index (κ3) is 3.72. The van der Waals surface area contributed by atoms with E-state index in [0.29, 0.717) is 23.0 Å². The SMILES string of the molecule is Cc1nc(-c2ccc(NC(=O)NC(=O)c3c(F)cccc3F)cc2)no1. The van der Waals surface area contributed by atoms with Crippen LogP contribution in [0.4, 0.5) is 19.3 Å². The Morgan fingerprint density at radius 1 is 1.04 bits per heavy atom. The van der Waals surface area contributed by atoms with E-state index >= 15 is 0 Å². The predicted molar refractivity (Wildman–Crippen MR) is 87.3 cm³/mol. The molecule has 1 aromatic heterocycles. The van der Waals surface area contributed by atoms with E-state index in [1.807, 2.05) is 5.32 Å². The Labute approximate surface area is 146 Å². The first-order valence-electron chi connectivity index (χ1n) is 7.41. The van der Waals surface area contributed by atoms with Crippen molar-refractivity contribution in [1.82, 2.24) is 15.5 Å². The summed E-state index contributed by atoms with van der Waals surface area (Å²) < 4.78 is 31.9. The van der Waals surface area contributed by atoms with Crippen molar-refractivity contribution >= 4 is 17.6 Å². The van der Waals surface area contributed by atoms with Gasteiger partial charge in [0.15, 0.2) is 0 Å². The largest absolute Gasteiger partial charge is 0.339 e. The molecule has 0 saturated heterocycles.